The van der Waals surface area contributed by atoms with Gasteiger partial charge in [0.05, 0.1) is 6.61 Å². The molecule has 0 saturated carbocycles. The third-order valence-electron chi connectivity index (χ3n) is 5.81. The zero-order valence-electron chi connectivity index (χ0n) is 22.6. The van der Waals surface area contributed by atoms with Crippen molar-refractivity contribution < 1.29 is 24.2 Å². The largest absolute Gasteiger partial charge is 0.444 e. The number of carbonyl (C=O) groups is 3. The SMILES string of the molecule is CCN(C(=O)C(CO)NC(=O)OC(C)(C)C)C(C(=O)Nc1c(C)cccc1C)c1cc(C)ccc1C. The van der Waals surface area contributed by atoms with Crippen molar-refractivity contribution in [1.82, 2.24) is 10.2 Å². The van der Waals surface area contributed by atoms with Crippen LogP contribution < -0.4 is 10.6 Å². The number of para-hydroxylation sites is 1. The molecule has 2 rings (SSSR count). The van der Waals surface area contributed by atoms with E-state index in [0.717, 1.165) is 22.3 Å². The molecule has 2 aromatic carbocycles. The molecule has 0 aliphatic carbocycles. The molecular formula is C28H39N3O5. The van der Waals surface area contributed by atoms with Gasteiger partial charge in [-0.15, -0.1) is 0 Å². The van der Waals surface area contributed by atoms with Crippen molar-refractivity contribution in [3.05, 3.63) is 64.2 Å². The number of ether oxygens (including phenoxy) is 1. The van der Waals surface area contributed by atoms with Gasteiger partial charge in [-0.2, -0.15) is 0 Å². The van der Waals surface area contributed by atoms with Crippen LogP contribution >= 0.6 is 0 Å². The summed E-state index contributed by atoms with van der Waals surface area (Å²) in [6.07, 6.45) is -0.825. The van der Waals surface area contributed by atoms with Gasteiger partial charge in [0.15, 0.2) is 0 Å². The Bertz CT molecular complexity index is 1090. The summed E-state index contributed by atoms with van der Waals surface area (Å²) >= 11 is 0. The van der Waals surface area contributed by atoms with Crippen molar-refractivity contribution in [3.63, 3.8) is 0 Å². The fourth-order valence-electron chi connectivity index (χ4n) is 4.01. The Hall–Kier alpha value is -3.39. The number of nitrogens with one attached hydrogen (secondary N) is 2. The molecule has 2 aromatic rings. The van der Waals surface area contributed by atoms with Gasteiger partial charge in [-0.05, 0) is 77.6 Å². The molecule has 3 N–H and O–H groups in total. The van der Waals surface area contributed by atoms with E-state index < -0.39 is 36.3 Å². The first-order valence-corrected chi connectivity index (χ1v) is 12.1. The Kier molecular flexibility index (Phi) is 9.64. The molecule has 0 spiro atoms. The van der Waals surface area contributed by atoms with Crippen molar-refractivity contribution >= 4 is 23.6 Å². The summed E-state index contributed by atoms with van der Waals surface area (Å²) in [6, 6.07) is 9.20. The van der Waals surface area contributed by atoms with Gasteiger partial charge in [0, 0.05) is 12.2 Å². The van der Waals surface area contributed by atoms with Crippen LogP contribution in [0.3, 0.4) is 0 Å². The van der Waals surface area contributed by atoms with Crippen LogP contribution in [0.2, 0.25) is 0 Å². The molecule has 0 heterocycles. The van der Waals surface area contributed by atoms with E-state index >= 15 is 0 Å². The van der Waals surface area contributed by atoms with Crippen molar-refractivity contribution in [1.29, 1.82) is 0 Å². The fraction of sp³-hybridized carbons (Fsp3) is 0.464. The Morgan fingerprint density at radius 1 is 1.00 bits per heavy atom. The number of aryl methyl sites for hydroxylation is 4. The van der Waals surface area contributed by atoms with Gasteiger partial charge in [-0.1, -0.05) is 42.0 Å². The molecule has 0 bridgehead atoms. The zero-order valence-corrected chi connectivity index (χ0v) is 22.6. The van der Waals surface area contributed by atoms with Crippen LogP contribution in [0.4, 0.5) is 10.5 Å². The van der Waals surface area contributed by atoms with Crippen molar-refractivity contribution in [3.8, 4) is 0 Å². The molecule has 196 valence electrons. The number of hydrogen-bond acceptors (Lipinski definition) is 5. The minimum Gasteiger partial charge on any atom is -0.444 e. The van der Waals surface area contributed by atoms with E-state index in [1.807, 2.05) is 64.1 Å². The lowest BCUT2D eigenvalue weighted by Crippen LogP contribution is -2.53. The quantitative estimate of drug-likeness (QED) is 0.503. The molecule has 3 amide bonds. The van der Waals surface area contributed by atoms with Crippen LogP contribution in [-0.2, 0) is 14.3 Å². The highest BCUT2D eigenvalue weighted by atomic mass is 16.6. The normalized spacial score (nSPS) is 12.9. The van der Waals surface area contributed by atoms with Crippen LogP contribution in [-0.4, -0.2) is 52.7 Å². The summed E-state index contributed by atoms with van der Waals surface area (Å²) in [5, 5.41) is 15.4. The minimum atomic E-state index is -1.28. The molecule has 8 nitrogen and oxygen atoms in total. The molecule has 2 atom stereocenters. The van der Waals surface area contributed by atoms with E-state index in [2.05, 4.69) is 10.6 Å². The number of alkyl carbamates (subject to hydrolysis) is 1. The van der Waals surface area contributed by atoms with Gasteiger partial charge in [0.2, 0.25) is 5.91 Å². The van der Waals surface area contributed by atoms with Crippen LogP contribution in [0.5, 0.6) is 0 Å². The predicted molar refractivity (Wildman–Crippen MR) is 141 cm³/mol. The second-order valence-corrected chi connectivity index (χ2v) is 10.0. The monoisotopic (exact) mass is 497 g/mol. The number of hydrogen-bond donors (Lipinski definition) is 3. The molecule has 8 heteroatoms. The third-order valence-corrected chi connectivity index (χ3v) is 5.81. The van der Waals surface area contributed by atoms with Crippen LogP contribution in [0.25, 0.3) is 0 Å². The highest BCUT2D eigenvalue weighted by Crippen LogP contribution is 2.29. The number of anilines is 1. The summed E-state index contributed by atoms with van der Waals surface area (Å²) in [7, 11) is 0. The van der Waals surface area contributed by atoms with Crippen molar-refractivity contribution in [2.24, 2.45) is 0 Å². The second kappa shape index (κ2) is 12.0. The Morgan fingerprint density at radius 3 is 2.14 bits per heavy atom. The van der Waals surface area contributed by atoms with Gasteiger partial charge in [-0.25, -0.2) is 4.79 Å². The summed E-state index contributed by atoms with van der Waals surface area (Å²) in [5.74, 6) is -0.973. The first-order valence-electron chi connectivity index (χ1n) is 12.1. The molecule has 0 saturated heterocycles. The lowest BCUT2D eigenvalue weighted by Gasteiger charge is -2.34. The maximum atomic E-state index is 13.8. The molecular weight excluding hydrogens is 458 g/mol. The average Bonchev–Trinajstić information content (AvgIpc) is 2.78. The number of rotatable bonds is 8. The third kappa shape index (κ3) is 7.31. The summed E-state index contributed by atoms with van der Waals surface area (Å²) < 4.78 is 5.26. The van der Waals surface area contributed by atoms with E-state index in [1.165, 1.54) is 4.90 Å². The number of benzene rings is 2. The number of nitrogens with zero attached hydrogens (tertiary/aromatic N) is 1. The van der Waals surface area contributed by atoms with E-state index in [9.17, 15) is 19.5 Å². The molecule has 0 aromatic heterocycles. The molecule has 36 heavy (non-hydrogen) atoms. The van der Waals surface area contributed by atoms with E-state index in [1.54, 1.807) is 27.7 Å². The van der Waals surface area contributed by atoms with Gasteiger partial charge >= 0.3 is 6.09 Å². The number of carbonyl (C=O) groups excluding carboxylic acids is 3. The zero-order chi connectivity index (χ0) is 27.2. The molecule has 0 fully saturated rings. The lowest BCUT2D eigenvalue weighted by molar-refractivity contribution is -0.141. The molecule has 0 aliphatic rings. The topological polar surface area (TPSA) is 108 Å². The summed E-state index contributed by atoms with van der Waals surface area (Å²) in [6.45, 7) is 14.0. The standard InChI is InChI=1S/C28H39N3O5/c1-9-31(26(34)22(16-32)29-27(35)36-28(6,7)8)24(21-15-17(2)13-14-18(21)3)25(33)30-23-19(4)11-10-12-20(23)5/h10-15,22,24,32H,9,16H2,1-8H3,(H,29,35)(H,30,33). The van der Waals surface area contributed by atoms with Crippen LogP contribution in [0.15, 0.2) is 36.4 Å². The van der Waals surface area contributed by atoms with Crippen LogP contribution in [0.1, 0.15) is 61.6 Å². The minimum absolute atomic E-state index is 0.170. The Balaban J connectivity index is 2.50. The predicted octanol–water partition coefficient (Wildman–Crippen LogP) is 4.33. The maximum Gasteiger partial charge on any atom is 0.408 e. The van der Waals surface area contributed by atoms with Crippen LogP contribution in [0, 0.1) is 27.7 Å². The number of aliphatic hydroxyl groups excluding tert-OH is 1. The van der Waals surface area contributed by atoms with E-state index in [-0.39, 0.29) is 12.5 Å². The highest BCUT2D eigenvalue weighted by molar-refractivity contribution is 6.00. The smallest absolute Gasteiger partial charge is 0.408 e. The van der Waals surface area contributed by atoms with Gasteiger partial charge in [-0.3, -0.25) is 9.59 Å². The highest BCUT2D eigenvalue weighted by Gasteiger charge is 2.36. The lowest BCUT2D eigenvalue weighted by atomic mass is 9.96. The number of likely N-dealkylation sites (N-methyl/N-ethyl adjacent to an activating group) is 1. The second-order valence-electron chi connectivity index (χ2n) is 10.0. The summed E-state index contributed by atoms with van der Waals surface area (Å²) in [4.78, 5) is 41.2. The first-order chi connectivity index (χ1) is 16.8. The average molecular weight is 498 g/mol. The molecule has 0 aliphatic heterocycles. The van der Waals surface area contributed by atoms with E-state index in [4.69, 9.17) is 4.74 Å². The Labute approximate surface area is 214 Å². The molecule has 0 radical (unpaired) electrons. The van der Waals surface area contributed by atoms with Crippen molar-refractivity contribution in [2.45, 2.75) is 73.1 Å². The summed E-state index contributed by atoms with van der Waals surface area (Å²) in [5.41, 5.74) is 4.16. The van der Waals surface area contributed by atoms with Gasteiger partial charge < -0.3 is 25.4 Å². The van der Waals surface area contributed by atoms with Crippen molar-refractivity contribution in [2.75, 3.05) is 18.5 Å². The van der Waals surface area contributed by atoms with Gasteiger partial charge in [0.25, 0.3) is 5.91 Å². The number of amides is 3. The molecule has 2 unspecified atom stereocenters. The number of aliphatic hydroxyl groups is 1. The first kappa shape index (κ1) is 28.8. The van der Waals surface area contributed by atoms with Gasteiger partial charge in [0.1, 0.15) is 17.7 Å². The fourth-order valence-corrected chi connectivity index (χ4v) is 4.01. The Morgan fingerprint density at radius 2 is 1.61 bits per heavy atom. The maximum absolute atomic E-state index is 13.8. The van der Waals surface area contributed by atoms with E-state index in [0.29, 0.717) is 11.3 Å².